The van der Waals surface area contributed by atoms with Crippen LogP contribution < -0.4 is 20.1 Å². The predicted molar refractivity (Wildman–Crippen MR) is 119 cm³/mol. The lowest BCUT2D eigenvalue weighted by molar-refractivity contribution is 0.0531. The van der Waals surface area contributed by atoms with Crippen molar-refractivity contribution < 1.29 is 19.0 Å². The predicted octanol–water partition coefficient (Wildman–Crippen LogP) is 3.33. The molecule has 8 nitrogen and oxygen atoms in total. The Hall–Kier alpha value is -2.81. The average molecular weight is 435 g/mol. The number of hydrogen-bond donors (Lipinski definition) is 2. The van der Waals surface area contributed by atoms with E-state index in [2.05, 4.69) is 20.6 Å². The molecule has 1 heterocycles. The molecule has 0 aliphatic rings. The fraction of sp³-hybridized carbons (Fsp3) is 0.476. The summed E-state index contributed by atoms with van der Waals surface area (Å²) in [4.78, 5) is 21.3. The second kappa shape index (κ2) is 11.4. The minimum Gasteiger partial charge on any atom is -0.497 e. The van der Waals surface area contributed by atoms with Gasteiger partial charge < -0.3 is 24.8 Å². The molecule has 0 saturated carbocycles. The molecule has 164 valence electrons. The number of methoxy groups -OCH3 is 1. The van der Waals surface area contributed by atoms with Crippen LogP contribution in [0.4, 0.5) is 0 Å². The Morgan fingerprint density at radius 3 is 2.50 bits per heavy atom. The topological polar surface area (TPSA) is 94.1 Å². The molecule has 2 rings (SSSR count). The lowest BCUT2D eigenvalue weighted by atomic mass is 10.3. The van der Waals surface area contributed by atoms with Crippen molar-refractivity contribution in [1.29, 1.82) is 0 Å². The number of carbonyl (C=O) groups excluding carboxylic acids is 1. The smallest absolute Gasteiger partial charge is 0.350 e. The Labute approximate surface area is 181 Å². The maximum Gasteiger partial charge on any atom is 0.350 e. The first-order chi connectivity index (χ1) is 14.4. The summed E-state index contributed by atoms with van der Waals surface area (Å²) in [5.41, 5.74) is 0.673. The Bertz CT molecular complexity index is 851. The molecule has 2 aromatic rings. The number of esters is 1. The van der Waals surface area contributed by atoms with Crippen LogP contribution >= 0.6 is 11.3 Å². The summed E-state index contributed by atoms with van der Waals surface area (Å²) in [6.45, 7) is 8.44. The number of aryl methyl sites for hydroxylation is 1. The van der Waals surface area contributed by atoms with Crippen LogP contribution in [0.15, 0.2) is 29.3 Å². The molecule has 2 N–H and O–H groups in total. The standard InChI is InChI=1S/C21H30N4O4S/c1-7-28-20(26)18-14(3)24-19(30-18)15(4)25-21(22-5)23-12-13(2)29-17-10-8-16(27-6)9-11-17/h8-11,13,15H,7,12H2,1-6H3,(H2,22,23,25). The number of rotatable bonds is 9. The number of nitrogens with zero attached hydrogens (tertiary/aromatic N) is 2. The molecule has 0 saturated heterocycles. The van der Waals surface area contributed by atoms with E-state index in [9.17, 15) is 4.79 Å². The van der Waals surface area contributed by atoms with Crippen molar-refractivity contribution in [3.8, 4) is 11.5 Å². The van der Waals surface area contributed by atoms with E-state index in [1.54, 1.807) is 21.1 Å². The number of thiazole rings is 1. The van der Waals surface area contributed by atoms with E-state index >= 15 is 0 Å². The van der Waals surface area contributed by atoms with Crippen LogP contribution in [0.5, 0.6) is 11.5 Å². The van der Waals surface area contributed by atoms with Crippen LogP contribution in [0.25, 0.3) is 0 Å². The molecule has 0 aliphatic carbocycles. The molecule has 9 heteroatoms. The number of benzene rings is 1. The Balaban J connectivity index is 1.89. The third kappa shape index (κ3) is 6.62. The molecule has 2 unspecified atom stereocenters. The lowest BCUT2D eigenvalue weighted by Gasteiger charge is -2.19. The summed E-state index contributed by atoms with van der Waals surface area (Å²) >= 11 is 1.33. The van der Waals surface area contributed by atoms with E-state index in [-0.39, 0.29) is 18.1 Å². The van der Waals surface area contributed by atoms with E-state index in [1.807, 2.05) is 45.0 Å². The van der Waals surface area contributed by atoms with Gasteiger partial charge in [0.2, 0.25) is 0 Å². The first kappa shape index (κ1) is 23.5. The van der Waals surface area contributed by atoms with Crippen LogP contribution in [0, 0.1) is 6.92 Å². The Morgan fingerprint density at radius 1 is 1.23 bits per heavy atom. The first-order valence-corrected chi connectivity index (χ1v) is 10.6. The highest BCUT2D eigenvalue weighted by molar-refractivity contribution is 7.13. The number of ether oxygens (including phenoxy) is 3. The normalized spacial score (nSPS) is 13.3. The first-order valence-electron chi connectivity index (χ1n) is 9.80. The van der Waals surface area contributed by atoms with Crippen LogP contribution in [0.1, 0.15) is 47.2 Å². The SMILES string of the molecule is CCOC(=O)c1sc(C(C)NC(=NC)NCC(C)Oc2ccc(OC)cc2)nc1C. The van der Waals surface area contributed by atoms with Crippen molar-refractivity contribution in [2.24, 2.45) is 4.99 Å². The Morgan fingerprint density at radius 2 is 1.90 bits per heavy atom. The molecule has 0 bridgehead atoms. The number of hydrogen-bond acceptors (Lipinski definition) is 7. The van der Waals surface area contributed by atoms with Gasteiger partial charge in [0.15, 0.2) is 5.96 Å². The van der Waals surface area contributed by atoms with Gasteiger partial charge in [0.05, 0.1) is 32.0 Å². The summed E-state index contributed by atoms with van der Waals surface area (Å²) in [6.07, 6.45) is -0.0789. The third-order valence-corrected chi connectivity index (χ3v) is 5.50. The third-order valence-electron chi connectivity index (χ3n) is 4.17. The fourth-order valence-corrected chi connectivity index (χ4v) is 3.58. The van der Waals surface area contributed by atoms with Gasteiger partial charge in [-0.1, -0.05) is 0 Å². The minimum absolute atomic E-state index is 0.0789. The van der Waals surface area contributed by atoms with Crippen LogP contribution in [0.2, 0.25) is 0 Å². The van der Waals surface area contributed by atoms with Gasteiger partial charge in [0, 0.05) is 7.05 Å². The average Bonchev–Trinajstić information content (AvgIpc) is 3.13. The van der Waals surface area contributed by atoms with Crippen molar-refractivity contribution in [2.75, 3.05) is 27.3 Å². The largest absolute Gasteiger partial charge is 0.497 e. The van der Waals surface area contributed by atoms with E-state index < -0.39 is 0 Å². The van der Waals surface area contributed by atoms with E-state index in [0.717, 1.165) is 16.5 Å². The summed E-state index contributed by atoms with van der Waals surface area (Å²) in [5, 5.41) is 7.34. The van der Waals surface area contributed by atoms with Crippen LogP contribution in [-0.2, 0) is 4.74 Å². The molecule has 0 spiro atoms. The highest BCUT2D eigenvalue weighted by Gasteiger charge is 2.20. The number of guanidine groups is 1. The molecule has 30 heavy (non-hydrogen) atoms. The molecular formula is C21H30N4O4S. The number of nitrogens with one attached hydrogen (secondary N) is 2. The van der Waals surface area contributed by atoms with Gasteiger partial charge in [-0.2, -0.15) is 0 Å². The lowest BCUT2D eigenvalue weighted by Crippen LogP contribution is -2.42. The van der Waals surface area contributed by atoms with Gasteiger partial charge in [0.25, 0.3) is 0 Å². The quantitative estimate of drug-likeness (QED) is 0.355. The molecule has 0 aliphatic heterocycles. The highest BCUT2D eigenvalue weighted by atomic mass is 32.1. The zero-order chi connectivity index (χ0) is 22.1. The van der Waals surface area contributed by atoms with Crippen LogP contribution in [-0.4, -0.2) is 50.3 Å². The van der Waals surface area contributed by atoms with Crippen molar-refractivity contribution in [3.05, 3.63) is 39.8 Å². The molecule has 0 fully saturated rings. The fourth-order valence-electron chi connectivity index (χ4n) is 2.62. The summed E-state index contributed by atoms with van der Waals surface area (Å²) in [7, 11) is 3.33. The van der Waals surface area contributed by atoms with Crippen molar-refractivity contribution in [2.45, 2.75) is 39.8 Å². The number of aromatic nitrogens is 1. The van der Waals surface area contributed by atoms with Crippen molar-refractivity contribution >= 4 is 23.3 Å². The molecule has 2 atom stereocenters. The van der Waals surface area contributed by atoms with E-state index in [0.29, 0.717) is 29.7 Å². The van der Waals surface area contributed by atoms with Gasteiger partial charge in [-0.3, -0.25) is 4.99 Å². The molecule has 1 aromatic heterocycles. The van der Waals surface area contributed by atoms with E-state index in [1.165, 1.54) is 11.3 Å². The van der Waals surface area contributed by atoms with Gasteiger partial charge >= 0.3 is 5.97 Å². The zero-order valence-electron chi connectivity index (χ0n) is 18.3. The minimum atomic E-state index is -0.335. The van der Waals surface area contributed by atoms with Gasteiger partial charge in [-0.05, 0) is 52.0 Å². The monoisotopic (exact) mass is 434 g/mol. The molecule has 1 aromatic carbocycles. The van der Waals surface area contributed by atoms with Gasteiger partial charge in [-0.25, -0.2) is 9.78 Å². The highest BCUT2D eigenvalue weighted by Crippen LogP contribution is 2.24. The van der Waals surface area contributed by atoms with Crippen LogP contribution in [0.3, 0.4) is 0 Å². The summed E-state index contributed by atoms with van der Waals surface area (Å²) in [5.74, 6) is 1.85. The molecule has 0 radical (unpaired) electrons. The van der Waals surface area contributed by atoms with Gasteiger partial charge in [-0.15, -0.1) is 11.3 Å². The maximum absolute atomic E-state index is 12.0. The van der Waals surface area contributed by atoms with Crippen molar-refractivity contribution in [1.82, 2.24) is 15.6 Å². The Kier molecular flexibility index (Phi) is 8.91. The van der Waals surface area contributed by atoms with Crippen molar-refractivity contribution in [3.63, 3.8) is 0 Å². The second-order valence-electron chi connectivity index (χ2n) is 6.61. The number of aliphatic imine (C=N–C) groups is 1. The summed E-state index contributed by atoms with van der Waals surface area (Å²) in [6, 6.07) is 7.34. The number of carbonyl (C=O) groups is 1. The molecule has 0 amide bonds. The van der Waals surface area contributed by atoms with Gasteiger partial charge in [0.1, 0.15) is 27.5 Å². The second-order valence-corrected chi connectivity index (χ2v) is 7.64. The zero-order valence-corrected chi connectivity index (χ0v) is 19.1. The summed E-state index contributed by atoms with van der Waals surface area (Å²) < 4.78 is 16.1. The molecular weight excluding hydrogens is 404 g/mol. The van der Waals surface area contributed by atoms with E-state index in [4.69, 9.17) is 14.2 Å². The maximum atomic E-state index is 12.0.